The van der Waals surface area contributed by atoms with E-state index in [0.717, 1.165) is 29.8 Å². The molecule has 96 valence electrons. The zero-order valence-electron chi connectivity index (χ0n) is 11.4. The summed E-state index contributed by atoms with van der Waals surface area (Å²) in [6, 6.07) is 0.655. The maximum Gasteiger partial charge on any atom is 0.138 e. The molecule has 2 rings (SSSR count). The first-order valence-electron chi connectivity index (χ1n) is 6.71. The second-order valence-corrected chi connectivity index (χ2v) is 5.80. The molecule has 1 heterocycles. The van der Waals surface area contributed by atoms with Gasteiger partial charge in [-0.05, 0) is 44.9 Å². The fourth-order valence-corrected chi connectivity index (χ4v) is 3.11. The minimum absolute atomic E-state index is 0.655. The van der Waals surface area contributed by atoms with E-state index in [1.807, 2.05) is 13.8 Å². The standard InChI is InChI=1S/C14H24N2O/c1-9-5-10(2)7-13(6-9)15-8-14-11(3)16-17-12(14)4/h9-10,13,15H,5-8H2,1-4H3. The van der Waals surface area contributed by atoms with Crippen LogP contribution in [0.1, 0.15) is 50.1 Å². The zero-order valence-corrected chi connectivity index (χ0v) is 11.4. The van der Waals surface area contributed by atoms with Crippen LogP contribution in [0.5, 0.6) is 0 Å². The zero-order chi connectivity index (χ0) is 12.4. The average Bonchev–Trinajstić information content (AvgIpc) is 2.55. The molecule has 1 aliphatic carbocycles. The molecule has 3 nitrogen and oxygen atoms in total. The summed E-state index contributed by atoms with van der Waals surface area (Å²) >= 11 is 0. The third-order valence-electron chi connectivity index (χ3n) is 3.93. The second kappa shape index (κ2) is 5.21. The first-order chi connectivity index (χ1) is 8.06. The Labute approximate surface area is 104 Å². The Balaban J connectivity index is 1.90. The lowest BCUT2D eigenvalue weighted by molar-refractivity contribution is 0.238. The van der Waals surface area contributed by atoms with Crippen LogP contribution >= 0.6 is 0 Å². The van der Waals surface area contributed by atoms with Crippen LogP contribution in [0.15, 0.2) is 4.52 Å². The molecule has 0 amide bonds. The minimum Gasteiger partial charge on any atom is -0.361 e. The number of hydrogen-bond donors (Lipinski definition) is 1. The lowest BCUT2D eigenvalue weighted by atomic mass is 9.80. The first kappa shape index (κ1) is 12.6. The van der Waals surface area contributed by atoms with Crippen molar-refractivity contribution < 1.29 is 4.52 Å². The van der Waals surface area contributed by atoms with Crippen molar-refractivity contribution in [3.8, 4) is 0 Å². The van der Waals surface area contributed by atoms with Gasteiger partial charge >= 0.3 is 0 Å². The van der Waals surface area contributed by atoms with Crippen LogP contribution < -0.4 is 5.32 Å². The van der Waals surface area contributed by atoms with Crippen molar-refractivity contribution in [3.05, 3.63) is 17.0 Å². The highest BCUT2D eigenvalue weighted by molar-refractivity contribution is 5.20. The van der Waals surface area contributed by atoms with Crippen molar-refractivity contribution >= 4 is 0 Å². The van der Waals surface area contributed by atoms with E-state index in [4.69, 9.17) is 4.52 Å². The quantitative estimate of drug-likeness (QED) is 0.875. The monoisotopic (exact) mass is 236 g/mol. The molecule has 0 spiro atoms. The lowest BCUT2D eigenvalue weighted by Gasteiger charge is -2.32. The van der Waals surface area contributed by atoms with Gasteiger partial charge in [-0.25, -0.2) is 0 Å². The molecular weight excluding hydrogens is 212 g/mol. The third kappa shape index (κ3) is 3.09. The van der Waals surface area contributed by atoms with E-state index in [2.05, 4.69) is 24.3 Å². The topological polar surface area (TPSA) is 38.1 Å². The van der Waals surface area contributed by atoms with Crippen molar-refractivity contribution in [3.63, 3.8) is 0 Å². The Morgan fingerprint density at radius 3 is 2.35 bits per heavy atom. The SMILES string of the molecule is Cc1noc(C)c1CNC1CC(C)CC(C)C1. The fraction of sp³-hybridized carbons (Fsp3) is 0.786. The number of rotatable bonds is 3. The van der Waals surface area contributed by atoms with Gasteiger partial charge in [-0.2, -0.15) is 0 Å². The Morgan fingerprint density at radius 1 is 1.18 bits per heavy atom. The normalized spacial score (nSPS) is 29.5. The smallest absolute Gasteiger partial charge is 0.138 e. The van der Waals surface area contributed by atoms with Crippen LogP contribution in [-0.4, -0.2) is 11.2 Å². The van der Waals surface area contributed by atoms with Crippen molar-refractivity contribution in [1.29, 1.82) is 0 Å². The predicted octanol–water partition coefficient (Wildman–Crippen LogP) is 3.21. The van der Waals surface area contributed by atoms with Gasteiger partial charge in [-0.15, -0.1) is 0 Å². The molecule has 1 aromatic heterocycles. The largest absolute Gasteiger partial charge is 0.361 e. The second-order valence-electron chi connectivity index (χ2n) is 5.80. The summed E-state index contributed by atoms with van der Waals surface area (Å²) in [7, 11) is 0. The van der Waals surface area contributed by atoms with Gasteiger partial charge in [0.05, 0.1) is 5.69 Å². The van der Waals surface area contributed by atoms with E-state index in [1.165, 1.54) is 24.8 Å². The summed E-state index contributed by atoms with van der Waals surface area (Å²) in [6.45, 7) is 9.62. The van der Waals surface area contributed by atoms with Crippen LogP contribution in [0.3, 0.4) is 0 Å². The summed E-state index contributed by atoms with van der Waals surface area (Å²) in [5.41, 5.74) is 2.25. The van der Waals surface area contributed by atoms with E-state index in [9.17, 15) is 0 Å². The molecule has 0 radical (unpaired) electrons. The molecule has 0 aliphatic heterocycles. The van der Waals surface area contributed by atoms with E-state index >= 15 is 0 Å². The lowest BCUT2D eigenvalue weighted by Crippen LogP contribution is -2.36. The Morgan fingerprint density at radius 2 is 1.82 bits per heavy atom. The van der Waals surface area contributed by atoms with Gasteiger partial charge in [0.15, 0.2) is 0 Å². The third-order valence-corrected chi connectivity index (χ3v) is 3.93. The highest BCUT2D eigenvalue weighted by atomic mass is 16.5. The summed E-state index contributed by atoms with van der Waals surface area (Å²) in [5, 5.41) is 7.66. The summed E-state index contributed by atoms with van der Waals surface area (Å²) < 4.78 is 5.19. The number of nitrogens with zero attached hydrogens (tertiary/aromatic N) is 1. The molecule has 1 aromatic rings. The van der Waals surface area contributed by atoms with Gasteiger partial charge in [0.25, 0.3) is 0 Å². The molecule has 1 fully saturated rings. The van der Waals surface area contributed by atoms with Gasteiger partial charge in [-0.1, -0.05) is 19.0 Å². The Hall–Kier alpha value is -0.830. The summed E-state index contributed by atoms with van der Waals surface area (Å²) in [5.74, 6) is 2.65. The number of nitrogens with one attached hydrogen (secondary N) is 1. The van der Waals surface area contributed by atoms with E-state index in [1.54, 1.807) is 0 Å². The molecule has 17 heavy (non-hydrogen) atoms. The molecule has 2 atom stereocenters. The van der Waals surface area contributed by atoms with E-state index in [0.29, 0.717) is 6.04 Å². The number of hydrogen-bond acceptors (Lipinski definition) is 3. The van der Waals surface area contributed by atoms with Gasteiger partial charge in [0, 0.05) is 18.2 Å². The predicted molar refractivity (Wildman–Crippen MR) is 68.8 cm³/mol. The average molecular weight is 236 g/mol. The maximum absolute atomic E-state index is 5.19. The molecule has 0 aromatic carbocycles. The van der Waals surface area contributed by atoms with Crippen molar-refractivity contribution in [1.82, 2.24) is 10.5 Å². The van der Waals surface area contributed by atoms with Gasteiger partial charge < -0.3 is 9.84 Å². The summed E-state index contributed by atoms with van der Waals surface area (Å²) in [6.07, 6.45) is 3.98. The van der Waals surface area contributed by atoms with Crippen LogP contribution in [0.25, 0.3) is 0 Å². The minimum atomic E-state index is 0.655. The molecule has 0 bridgehead atoms. The molecule has 2 unspecified atom stereocenters. The number of aromatic nitrogens is 1. The van der Waals surface area contributed by atoms with Crippen LogP contribution in [0.2, 0.25) is 0 Å². The maximum atomic E-state index is 5.19. The number of aryl methyl sites for hydroxylation is 2. The van der Waals surface area contributed by atoms with Crippen LogP contribution in [0, 0.1) is 25.7 Å². The van der Waals surface area contributed by atoms with Gasteiger partial charge in [-0.3, -0.25) is 0 Å². The van der Waals surface area contributed by atoms with E-state index in [-0.39, 0.29) is 0 Å². The molecule has 1 N–H and O–H groups in total. The van der Waals surface area contributed by atoms with Crippen LogP contribution in [0.4, 0.5) is 0 Å². The first-order valence-corrected chi connectivity index (χ1v) is 6.71. The van der Waals surface area contributed by atoms with Crippen LogP contribution in [-0.2, 0) is 6.54 Å². The molecule has 1 aliphatic rings. The molecule has 0 saturated heterocycles. The van der Waals surface area contributed by atoms with E-state index < -0.39 is 0 Å². The summed E-state index contributed by atoms with van der Waals surface area (Å²) in [4.78, 5) is 0. The van der Waals surface area contributed by atoms with Crippen molar-refractivity contribution in [2.75, 3.05) is 0 Å². The highest BCUT2D eigenvalue weighted by Crippen LogP contribution is 2.28. The van der Waals surface area contributed by atoms with Gasteiger partial charge in [0.2, 0.25) is 0 Å². The highest BCUT2D eigenvalue weighted by Gasteiger charge is 2.23. The van der Waals surface area contributed by atoms with Crippen molar-refractivity contribution in [2.24, 2.45) is 11.8 Å². The molecule has 1 saturated carbocycles. The van der Waals surface area contributed by atoms with Gasteiger partial charge in [0.1, 0.15) is 5.76 Å². The Kier molecular flexibility index (Phi) is 3.87. The van der Waals surface area contributed by atoms with Crippen molar-refractivity contribution in [2.45, 2.75) is 59.5 Å². The Bertz CT molecular complexity index is 343. The molecule has 3 heteroatoms. The molecular formula is C14H24N2O. The fourth-order valence-electron chi connectivity index (χ4n) is 3.11.